The first-order valence-electron chi connectivity index (χ1n) is 6.24. The topological polar surface area (TPSA) is 49.8 Å². The van der Waals surface area contributed by atoms with Crippen LogP contribution in [0.4, 0.5) is 11.8 Å². The third-order valence-electron chi connectivity index (χ3n) is 2.60. The Morgan fingerprint density at radius 3 is 2.59 bits per heavy atom. The molecule has 0 saturated carbocycles. The quantitative estimate of drug-likeness (QED) is 0.807. The second-order valence-corrected chi connectivity index (χ2v) is 4.83. The Morgan fingerprint density at radius 2 is 2.00 bits per heavy atom. The largest absolute Gasteiger partial charge is 0.366 e. The molecule has 1 aromatic rings. The van der Waals surface area contributed by atoms with Crippen molar-refractivity contribution in [3.05, 3.63) is 10.7 Å². The summed E-state index contributed by atoms with van der Waals surface area (Å²) >= 11 is 3.47. The highest BCUT2D eigenvalue weighted by atomic mass is 79.9. The molecule has 0 atom stereocenters. The molecule has 0 aliphatic heterocycles. The number of halogens is 1. The predicted molar refractivity (Wildman–Crippen MR) is 76.5 cm³/mol. The number of hydrogen-bond acceptors (Lipinski definition) is 4. The molecule has 1 heterocycles. The number of aromatic nitrogens is 2. The first-order chi connectivity index (χ1) is 8.21. The zero-order valence-electron chi connectivity index (χ0n) is 10.8. The average molecular weight is 301 g/mol. The van der Waals surface area contributed by atoms with Gasteiger partial charge in [-0.1, -0.05) is 20.8 Å². The van der Waals surface area contributed by atoms with E-state index < -0.39 is 0 Å². The lowest BCUT2D eigenvalue weighted by molar-refractivity contribution is 0.667. The monoisotopic (exact) mass is 300 g/mol. The summed E-state index contributed by atoms with van der Waals surface area (Å²) in [5.74, 6) is 1.55. The van der Waals surface area contributed by atoms with Crippen molar-refractivity contribution in [3.8, 4) is 0 Å². The molecule has 1 rings (SSSR count). The van der Waals surface area contributed by atoms with Gasteiger partial charge in [-0.25, -0.2) is 4.98 Å². The molecule has 0 fully saturated rings. The van der Waals surface area contributed by atoms with Crippen LogP contribution in [0.3, 0.4) is 0 Å². The predicted octanol–water partition coefficient (Wildman–Crippen LogP) is 3.66. The van der Waals surface area contributed by atoms with Crippen LogP contribution in [0, 0.1) is 0 Å². The van der Waals surface area contributed by atoms with Gasteiger partial charge in [0.05, 0.1) is 4.47 Å². The Balaban J connectivity index is 2.75. The highest BCUT2D eigenvalue weighted by molar-refractivity contribution is 9.10. The Kier molecular flexibility index (Phi) is 6.26. The molecule has 0 bridgehead atoms. The fourth-order valence-corrected chi connectivity index (χ4v) is 1.78. The smallest absolute Gasteiger partial charge is 0.224 e. The van der Waals surface area contributed by atoms with Gasteiger partial charge in [0, 0.05) is 18.8 Å². The molecule has 0 saturated heterocycles. The lowest BCUT2D eigenvalue weighted by Gasteiger charge is -2.17. The minimum atomic E-state index is 0.459. The lowest BCUT2D eigenvalue weighted by Crippen LogP contribution is -2.19. The van der Waals surface area contributed by atoms with Gasteiger partial charge >= 0.3 is 0 Å². The van der Waals surface area contributed by atoms with Gasteiger partial charge in [0.15, 0.2) is 0 Å². The SMILES string of the molecule is CCCNc1ncc(Br)c(NC(CC)CC)n1. The number of hydrogen-bond donors (Lipinski definition) is 2. The summed E-state index contributed by atoms with van der Waals surface area (Å²) in [6.07, 6.45) is 5.03. The Bertz CT molecular complexity index is 339. The fraction of sp³-hybridized carbons (Fsp3) is 0.667. The molecule has 17 heavy (non-hydrogen) atoms. The second-order valence-electron chi connectivity index (χ2n) is 3.97. The summed E-state index contributed by atoms with van der Waals surface area (Å²) in [5, 5.41) is 6.61. The molecular formula is C12H21BrN4. The number of nitrogens with one attached hydrogen (secondary N) is 2. The van der Waals surface area contributed by atoms with E-state index in [1.54, 1.807) is 6.20 Å². The van der Waals surface area contributed by atoms with Gasteiger partial charge in [-0.05, 0) is 35.2 Å². The molecule has 5 heteroatoms. The van der Waals surface area contributed by atoms with Crippen LogP contribution in [-0.2, 0) is 0 Å². The van der Waals surface area contributed by atoms with Crippen molar-refractivity contribution in [2.24, 2.45) is 0 Å². The summed E-state index contributed by atoms with van der Waals surface area (Å²) in [7, 11) is 0. The van der Waals surface area contributed by atoms with Crippen molar-refractivity contribution >= 4 is 27.7 Å². The summed E-state index contributed by atoms with van der Waals surface area (Å²) < 4.78 is 0.909. The maximum absolute atomic E-state index is 4.47. The number of anilines is 2. The molecule has 96 valence electrons. The summed E-state index contributed by atoms with van der Waals surface area (Å²) in [6.45, 7) is 7.36. The molecule has 0 aromatic carbocycles. The Morgan fingerprint density at radius 1 is 1.29 bits per heavy atom. The van der Waals surface area contributed by atoms with Gasteiger partial charge < -0.3 is 10.6 Å². The molecule has 4 nitrogen and oxygen atoms in total. The van der Waals surface area contributed by atoms with Crippen molar-refractivity contribution in [2.45, 2.75) is 46.1 Å². The van der Waals surface area contributed by atoms with Crippen LogP contribution in [0.25, 0.3) is 0 Å². The van der Waals surface area contributed by atoms with E-state index in [9.17, 15) is 0 Å². The third kappa shape index (κ3) is 4.50. The highest BCUT2D eigenvalue weighted by Gasteiger charge is 2.09. The number of nitrogens with zero attached hydrogens (tertiary/aromatic N) is 2. The molecule has 0 radical (unpaired) electrons. The second kappa shape index (κ2) is 7.48. The lowest BCUT2D eigenvalue weighted by atomic mass is 10.2. The van der Waals surface area contributed by atoms with E-state index in [0.29, 0.717) is 12.0 Å². The minimum absolute atomic E-state index is 0.459. The van der Waals surface area contributed by atoms with Gasteiger partial charge in [-0.3, -0.25) is 0 Å². The minimum Gasteiger partial charge on any atom is -0.366 e. The average Bonchev–Trinajstić information content (AvgIpc) is 2.36. The van der Waals surface area contributed by atoms with Gasteiger partial charge in [0.25, 0.3) is 0 Å². The van der Waals surface area contributed by atoms with Crippen LogP contribution in [-0.4, -0.2) is 22.6 Å². The van der Waals surface area contributed by atoms with Crippen molar-refractivity contribution in [1.82, 2.24) is 9.97 Å². The Hall–Kier alpha value is -0.840. The van der Waals surface area contributed by atoms with Crippen LogP contribution in [0.15, 0.2) is 10.7 Å². The van der Waals surface area contributed by atoms with Gasteiger partial charge in [0.1, 0.15) is 5.82 Å². The van der Waals surface area contributed by atoms with Gasteiger partial charge in [0.2, 0.25) is 5.95 Å². The number of rotatable bonds is 7. The molecule has 0 spiro atoms. The van der Waals surface area contributed by atoms with Crippen LogP contribution in [0.5, 0.6) is 0 Å². The maximum atomic E-state index is 4.47. The molecular weight excluding hydrogens is 280 g/mol. The van der Waals surface area contributed by atoms with Crippen molar-refractivity contribution in [3.63, 3.8) is 0 Å². The van der Waals surface area contributed by atoms with Crippen LogP contribution < -0.4 is 10.6 Å². The van der Waals surface area contributed by atoms with E-state index in [4.69, 9.17) is 0 Å². The summed E-state index contributed by atoms with van der Waals surface area (Å²) in [6, 6.07) is 0.459. The van der Waals surface area contributed by atoms with E-state index in [1.165, 1.54) is 0 Å². The molecule has 0 amide bonds. The van der Waals surface area contributed by atoms with Crippen LogP contribution >= 0.6 is 15.9 Å². The first-order valence-corrected chi connectivity index (χ1v) is 7.03. The van der Waals surface area contributed by atoms with Gasteiger partial charge in [-0.2, -0.15) is 4.98 Å². The maximum Gasteiger partial charge on any atom is 0.224 e. The summed E-state index contributed by atoms with van der Waals surface area (Å²) in [5.41, 5.74) is 0. The zero-order chi connectivity index (χ0) is 12.7. The van der Waals surface area contributed by atoms with E-state index in [1.807, 2.05) is 0 Å². The normalized spacial score (nSPS) is 10.6. The van der Waals surface area contributed by atoms with E-state index in [2.05, 4.69) is 57.3 Å². The van der Waals surface area contributed by atoms with Crippen molar-refractivity contribution in [1.29, 1.82) is 0 Å². The fourth-order valence-electron chi connectivity index (χ4n) is 1.48. The summed E-state index contributed by atoms with van der Waals surface area (Å²) in [4.78, 5) is 8.69. The third-order valence-corrected chi connectivity index (χ3v) is 3.18. The van der Waals surface area contributed by atoms with E-state index in [0.717, 1.165) is 36.1 Å². The molecule has 0 aliphatic rings. The first kappa shape index (κ1) is 14.2. The van der Waals surface area contributed by atoms with Gasteiger partial charge in [-0.15, -0.1) is 0 Å². The zero-order valence-corrected chi connectivity index (χ0v) is 12.3. The molecule has 0 aliphatic carbocycles. The van der Waals surface area contributed by atoms with Crippen molar-refractivity contribution < 1.29 is 0 Å². The van der Waals surface area contributed by atoms with E-state index >= 15 is 0 Å². The molecule has 0 unspecified atom stereocenters. The Labute approximate surface area is 112 Å². The molecule has 1 aromatic heterocycles. The standard InChI is InChI=1S/C12H21BrN4/c1-4-7-14-12-15-8-10(13)11(17-12)16-9(5-2)6-3/h8-9H,4-7H2,1-3H3,(H2,14,15,16,17). The van der Waals surface area contributed by atoms with Crippen LogP contribution in [0.1, 0.15) is 40.0 Å². The van der Waals surface area contributed by atoms with Crippen LogP contribution in [0.2, 0.25) is 0 Å². The highest BCUT2D eigenvalue weighted by Crippen LogP contribution is 2.21. The van der Waals surface area contributed by atoms with Crippen molar-refractivity contribution in [2.75, 3.05) is 17.2 Å². The molecule has 2 N–H and O–H groups in total. The van der Waals surface area contributed by atoms with E-state index in [-0.39, 0.29) is 0 Å².